The van der Waals surface area contributed by atoms with E-state index in [2.05, 4.69) is 21.2 Å². The lowest BCUT2D eigenvalue weighted by Gasteiger charge is -2.32. The summed E-state index contributed by atoms with van der Waals surface area (Å²) in [6, 6.07) is 16.9. The molecular formula is C29H31BrF3N3O4S. The van der Waals surface area contributed by atoms with E-state index in [-0.39, 0.29) is 17.1 Å². The van der Waals surface area contributed by atoms with Crippen molar-refractivity contribution in [3.05, 3.63) is 94.5 Å². The summed E-state index contributed by atoms with van der Waals surface area (Å²) in [5.74, 6) is -1.19. The molecule has 0 aliphatic carbocycles. The van der Waals surface area contributed by atoms with Crippen LogP contribution in [-0.2, 0) is 32.3 Å². The van der Waals surface area contributed by atoms with Crippen molar-refractivity contribution in [1.29, 1.82) is 0 Å². The van der Waals surface area contributed by atoms with Gasteiger partial charge in [-0.05, 0) is 61.4 Å². The number of unbranched alkanes of at least 4 members (excludes halogenated alkanes) is 1. The number of anilines is 1. The number of hydrogen-bond acceptors (Lipinski definition) is 4. The Morgan fingerprint density at radius 1 is 0.976 bits per heavy atom. The first-order valence-corrected chi connectivity index (χ1v) is 15.1. The lowest BCUT2D eigenvalue weighted by Crippen LogP contribution is -2.51. The van der Waals surface area contributed by atoms with Crippen LogP contribution in [0.2, 0.25) is 0 Å². The molecule has 0 fully saturated rings. The van der Waals surface area contributed by atoms with E-state index >= 15 is 0 Å². The first kappa shape index (κ1) is 32.1. The highest BCUT2D eigenvalue weighted by molar-refractivity contribution is 9.10. The number of nitrogens with zero attached hydrogens (tertiary/aromatic N) is 2. The Kier molecular flexibility index (Phi) is 11.0. The molecule has 1 N–H and O–H groups in total. The summed E-state index contributed by atoms with van der Waals surface area (Å²) in [6.07, 6.45) is -3.15. The number of alkyl halides is 3. The zero-order valence-corrected chi connectivity index (χ0v) is 25.0. The molecule has 0 saturated carbocycles. The Labute approximate surface area is 246 Å². The smallest absolute Gasteiger partial charge is 0.354 e. The van der Waals surface area contributed by atoms with E-state index in [1.54, 1.807) is 30.3 Å². The molecule has 0 heterocycles. The van der Waals surface area contributed by atoms with Crippen molar-refractivity contribution in [2.45, 2.75) is 50.3 Å². The van der Waals surface area contributed by atoms with E-state index in [1.807, 2.05) is 6.92 Å². The maximum Gasteiger partial charge on any atom is 0.416 e. The molecule has 1 atom stereocenters. The van der Waals surface area contributed by atoms with Crippen LogP contribution < -0.4 is 9.62 Å². The average molecular weight is 655 g/mol. The van der Waals surface area contributed by atoms with Crippen molar-refractivity contribution in [3.8, 4) is 0 Å². The number of carbonyl (C=O) groups excluding carboxylic acids is 2. The first-order valence-electron chi connectivity index (χ1n) is 12.9. The molecular weight excluding hydrogens is 623 g/mol. The van der Waals surface area contributed by atoms with Crippen LogP contribution >= 0.6 is 15.9 Å². The second-order valence-electron chi connectivity index (χ2n) is 9.34. The first-order chi connectivity index (χ1) is 19.3. The topological polar surface area (TPSA) is 86.8 Å². The molecule has 0 radical (unpaired) electrons. The van der Waals surface area contributed by atoms with Crippen LogP contribution in [0.1, 0.15) is 37.8 Å². The quantitative estimate of drug-likeness (QED) is 0.243. The summed E-state index contributed by atoms with van der Waals surface area (Å²) in [5.41, 5.74) is -0.724. The van der Waals surface area contributed by atoms with Gasteiger partial charge >= 0.3 is 6.18 Å². The van der Waals surface area contributed by atoms with Gasteiger partial charge in [-0.3, -0.25) is 13.9 Å². The number of halogens is 4. The van der Waals surface area contributed by atoms with Crippen LogP contribution in [0.4, 0.5) is 18.9 Å². The van der Waals surface area contributed by atoms with Crippen molar-refractivity contribution in [2.24, 2.45) is 0 Å². The second-order valence-corrected chi connectivity index (χ2v) is 12.1. The summed E-state index contributed by atoms with van der Waals surface area (Å²) >= 11 is 3.35. The van der Waals surface area contributed by atoms with Gasteiger partial charge in [0.2, 0.25) is 11.8 Å². The fourth-order valence-corrected chi connectivity index (χ4v) is 5.68. The van der Waals surface area contributed by atoms with Gasteiger partial charge in [0.15, 0.2) is 0 Å². The van der Waals surface area contributed by atoms with Gasteiger partial charge in [-0.15, -0.1) is 0 Å². The third-order valence-corrected chi connectivity index (χ3v) is 8.65. The zero-order chi connectivity index (χ0) is 30.2. The Bertz CT molecular complexity index is 1440. The maximum absolute atomic E-state index is 13.8. The number of sulfonamides is 1. The van der Waals surface area contributed by atoms with Crippen molar-refractivity contribution in [1.82, 2.24) is 10.2 Å². The van der Waals surface area contributed by atoms with E-state index in [9.17, 15) is 31.2 Å². The van der Waals surface area contributed by atoms with E-state index in [0.717, 1.165) is 29.4 Å². The molecule has 12 heteroatoms. The normalized spacial score (nSPS) is 12.4. The van der Waals surface area contributed by atoms with Gasteiger partial charge in [0.05, 0.1) is 16.1 Å². The molecule has 0 unspecified atom stereocenters. The van der Waals surface area contributed by atoms with E-state index < -0.39 is 46.2 Å². The van der Waals surface area contributed by atoms with E-state index in [4.69, 9.17) is 0 Å². The van der Waals surface area contributed by atoms with Crippen LogP contribution in [0.15, 0.2) is 88.2 Å². The molecule has 220 valence electrons. The number of carbonyl (C=O) groups is 2. The van der Waals surface area contributed by atoms with Crippen molar-refractivity contribution in [2.75, 3.05) is 17.4 Å². The van der Waals surface area contributed by atoms with Crippen LogP contribution in [0.3, 0.4) is 0 Å². The lowest BCUT2D eigenvalue weighted by atomic mass is 10.1. The van der Waals surface area contributed by atoms with Crippen LogP contribution in [0.25, 0.3) is 0 Å². The summed E-state index contributed by atoms with van der Waals surface area (Å²) in [7, 11) is -4.48. The molecule has 0 saturated heterocycles. The third kappa shape index (κ3) is 8.56. The van der Waals surface area contributed by atoms with Crippen molar-refractivity contribution >= 4 is 43.5 Å². The maximum atomic E-state index is 13.8. The van der Waals surface area contributed by atoms with E-state index in [1.165, 1.54) is 42.2 Å². The number of hydrogen-bond donors (Lipinski definition) is 1. The zero-order valence-electron chi connectivity index (χ0n) is 22.6. The molecule has 41 heavy (non-hydrogen) atoms. The molecule has 7 nitrogen and oxygen atoms in total. The highest BCUT2D eigenvalue weighted by Gasteiger charge is 2.35. The molecule has 0 bridgehead atoms. The average Bonchev–Trinajstić information content (AvgIpc) is 2.95. The highest BCUT2D eigenvalue weighted by atomic mass is 79.9. The summed E-state index contributed by atoms with van der Waals surface area (Å²) in [5, 5.41) is 2.78. The Hall–Kier alpha value is -3.38. The highest BCUT2D eigenvalue weighted by Crippen LogP contribution is 2.33. The standard InChI is InChI=1S/C29H31BrF3N3O4S/c1-3-4-17-34-28(38)21(2)35(19-22-13-15-24(30)16-14-22)27(37)20-36(41(39,40)26-11-6-5-7-12-26)25-10-8-9-23(18-25)29(31,32)33/h5-16,18,21H,3-4,17,19-20H2,1-2H3,(H,34,38)/t21-/m0/s1. The minimum atomic E-state index is -4.74. The molecule has 0 spiro atoms. The predicted molar refractivity (Wildman–Crippen MR) is 154 cm³/mol. The van der Waals surface area contributed by atoms with Gasteiger partial charge in [-0.25, -0.2) is 8.42 Å². The van der Waals surface area contributed by atoms with Gasteiger partial charge in [-0.1, -0.05) is 65.7 Å². The van der Waals surface area contributed by atoms with Gasteiger partial charge in [0, 0.05) is 17.6 Å². The predicted octanol–water partition coefficient (Wildman–Crippen LogP) is 6.00. The minimum absolute atomic E-state index is 0.0315. The molecule has 3 rings (SSSR count). The lowest BCUT2D eigenvalue weighted by molar-refractivity contribution is -0.139. The SMILES string of the molecule is CCCCNC(=O)[C@H](C)N(Cc1ccc(Br)cc1)C(=O)CN(c1cccc(C(F)(F)F)c1)S(=O)(=O)c1ccccc1. The van der Waals surface area contributed by atoms with Gasteiger partial charge in [0.25, 0.3) is 10.0 Å². The second kappa shape index (κ2) is 14.0. The van der Waals surface area contributed by atoms with Crippen LogP contribution in [0.5, 0.6) is 0 Å². The number of benzene rings is 3. The monoisotopic (exact) mass is 653 g/mol. The molecule has 0 aromatic heterocycles. The largest absolute Gasteiger partial charge is 0.416 e. The Morgan fingerprint density at radius 3 is 2.24 bits per heavy atom. The molecule has 3 aromatic carbocycles. The Morgan fingerprint density at radius 2 is 1.63 bits per heavy atom. The molecule has 0 aliphatic heterocycles. The fourth-order valence-electron chi connectivity index (χ4n) is 3.99. The van der Waals surface area contributed by atoms with Gasteiger partial charge < -0.3 is 10.2 Å². The van der Waals surface area contributed by atoms with E-state index in [0.29, 0.717) is 22.5 Å². The van der Waals surface area contributed by atoms with Crippen molar-refractivity contribution < 1.29 is 31.2 Å². The number of nitrogens with one attached hydrogen (secondary N) is 1. The van der Waals surface area contributed by atoms with Gasteiger partial charge in [0.1, 0.15) is 12.6 Å². The Balaban J connectivity index is 2.04. The summed E-state index contributed by atoms with van der Waals surface area (Å²) in [4.78, 5) is 27.8. The van der Waals surface area contributed by atoms with Crippen molar-refractivity contribution in [3.63, 3.8) is 0 Å². The third-order valence-electron chi connectivity index (χ3n) is 6.33. The molecule has 3 aromatic rings. The summed E-state index contributed by atoms with van der Waals surface area (Å²) < 4.78 is 69.5. The van der Waals surface area contributed by atoms with Crippen LogP contribution in [-0.4, -0.2) is 44.3 Å². The minimum Gasteiger partial charge on any atom is -0.354 e. The molecule has 2 amide bonds. The number of rotatable bonds is 12. The van der Waals surface area contributed by atoms with Crippen LogP contribution in [0, 0.1) is 0 Å². The summed E-state index contributed by atoms with van der Waals surface area (Å²) in [6.45, 7) is 3.03. The molecule has 0 aliphatic rings. The fraction of sp³-hybridized carbons (Fsp3) is 0.310. The number of amides is 2. The van der Waals surface area contributed by atoms with Gasteiger partial charge in [-0.2, -0.15) is 13.2 Å².